The maximum Gasteiger partial charge on any atom is 0.275 e. The lowest BCUT2D eigenvalue weighted by atomic mass is 10.1. The van der Waals surface area contributed by atoms with E-state index in [1.54, 1.807) is 23.0 Å². The van der Waals surface area contributed by atoms with E-state index in [1.165, 1.54) is 6.33 Å². The highest BCUT2D eigenvalue weighted by atomic mass is 16.5. The summed E-state index contributed by atoms with van der Waals surface area (Å²) >= 11 is 0. The van der Waals surface area contributed by atoms with Gasteiger partial charge in [-0.25, -0.2) is 15.0 Å². The fourth-order valence-corrected chi connectivity index (χ4v) is 4.98. The van der Waals surface area contributed by atoms with Gasteiger partial charge in [-0.2, -0.15) is 10.4 Å². The Bertz CT molecular complexity index is 1340. The van der Waals surface area contributed by atoms with E-state index in [-0.39, 0.29) is 17.0 Å². The Labute approximate surface area is 215 Å². The Hall–Kier alpha value is -3.88. The maximum absolute atomic E-state index is 13.0. The molecule has 1 aliphatic carbocycles. The number of rotatable bonds is 7. The van der Waals surface area contributed by atoms with E-state index in [9.17, 15) is 10.1 Å². The van der Waals surface area contributed by atoms with Crippen LogP contribution in [-0.4, -0.2) is 80.5 Å². The van der Waals surface area contributed by atoms with E-state index >= 15 is 0 Å². The van der Waals surface area contributed by atoms with Crippen LogP contribution in [0.3, 0.4) is 0 Å². The molecule has 3 aliphatic rings. The predicted octanol–water partition coefficient (Wildman–Crippen LogP) is 2.20. The fraction of sp³-hybridized carbons (Fsp3) is 0.462. The first-order valence-corrected chi connectivity index (χ1v) is 12.6. The molecule has 2 aliphatic heterocycles. The quantitative estimate of drug-likeness (QED) is 0.521. The van der Waals surface area contributed by atoms with Crippen LogP contribution < -0.4 is 10.2 Å². The van der Waals surface area contributed by atoms with Gasteiger partial charge in [-0.1, -0.05) is 6.07 Å². The average molecular weight is 500 g/mol. The second-order valence-corrected chi connectivity index (χ2v) is 10.2. The standard InChI is InChI=1S/C26H29N9O2/c1-18-11-33(7-8-35(18)20-13-37-14-20)24-9-23(28-17-29-24)32-25(36)22-4-2-3-21(31-22)19-10-30-34(12-19)16-26(15-27)5-6-26/h2-4,9-10,12,17-18,20H,5-8,11,13-14,16H2,1H3,(H,28,29,32,36)/t18-/m0/s1. The summed E-state index contributed by atoms with van der Waals surface area (Å²) in [5.41, 5.74) is 1.44. The van der Waals surface area contributed by atoms with Crippen molar-refractivity contribution in [1.29, 1.82) is 5.26 Å². The third-order valence-corrected chi connectivity index (χ3v) is 7.45. The minimum atomic E-state index is -0.344. The van der Waals surface area contributed by atoms with Crippen LogP contribution in [0.2, 0.25) is 0 Å². The first-order valence-electron chi connectivity index (χ1n) is 12.6. The first-order chi connectivity index (χ1) is 18.0. The summed E-state index contributed by atoms with van der Waals surface area (Å²) in [5.74, 6) is 0.883. The molecule has 0 spiro atoms. The largest absolute Gasteiger partial charge is 0.378 e. The number of amides is 1. The zero-order chi connectivity index (χ0) is 25.4. The van der Waals surface area contributed by atoms with Crippen molar-refractivity contribution in [3.8, 4) is 17.3 Å². The minimum absolute atomic E-state index is 0.283. The molecule has 0 unspecified atom stereocenters. The number of nitrogens with zero attached hydrogens (tertiary/aromatic N) is 8. The topological polar surface area (TPSA) is 125 Å². The summed E-state index contributed by atoms with van der Waals surface area (Å²) in [6.07, 6.45) is 6.88. The molecule has 37 heavy (non-hydrogen) atoms. The Kier molecular flexibility index (Phi) is 6.06. The molecule has 190 valence electrons. The molecule has 11 heteroatoms. The van der Waals surface area contributed by atoms with Gasteiger partial charge in [0.15, 0.2) is 0 Å². The predicted molar refractivity (Wildman–Crippen MR) is 136 cm³/mol. The summed E-state index contributed by atoms with van der Waals surface area (Å²) in [4.78, 5) is 31.0. The van der Waals surface area contributed by atoms with E-state index in [4.69, 9.17) is 4.74 Å². The van der Waals surface area contributed by atoms with E-state index < -0.39 is 0 Å². The maximum atomic E-state index is 13.0. The van der Waals surface area contributed by atoms with Crippen molar-refractivity contribution < 1.29 is 9.53 Å². The molecular formula is C26H29N9O2. The number of nitriles is 1. The van der Waals surface area contributed by atoms with Crippen molar-refractivity contribution in [1.82, 2.24) is 29.6 Å². The molecule has 2 saturated heterocycles. The highest BCUT2D eigenvalue weighted by Gasteiger charge is 2.43. The molecule has 0 aromatic carbocycles. The Morgan fingerprint density at radius 3 is 2.86 bits per heavy atom. The van der Waals surface area contributed by atoms with E-state index in [0.717, 1.165) is 57.1 Å². The van der Waals surface area contributed by atoms with Crippen LogP contribution in [-0.2, 0) is 11.3 Å². The highest BCUT2D eigenvalue weighted by molar-refractivity contribution is 6.02. The molecule has 1 N–H and O–H groups in total. The number of ether oxygens (including phenoxy) is 1. The third-order valence-electron chi connectivity index (χ3n) is 7.45. The molecule has 1 saturated carbocycles. The van der Waals surface area contributed by atoms with Gasteiger partial charge in [-0.3, -0.25) is 14.4 Å². The Morgan fingerprint density at radius 2 is 2.14 bits per heavy atom. The Morgan fingerprint density at radius 1 is 1.27 bits per heavy atom. The number of carbonyl (C=O) groups excluding carboxylic acids is 1. The second kappa shape index (κ2) is 9.53. The van der Waals surface area contributed by atoms with E-state index in [1.807, 2.05) is 18.3 Å². The number of hydrogen-bond acceptors (Lipinski definition) is 9. The smallest absolute Gasteiger partial charge is 0.275 e. The Balaban J connectivity index is 1.11. The molecule has 1 amide bonds. The van der Waals surface area contributed by atoms with Crippen molar-refractivity contribution in [2.45, 2.75) is 38.4 Å². The summed E-state index contributed by atoms with van der Waals surface area (Å²) in [7, 11) is 0. The first kappa shape index (κ1) is 23.5. The van der Waals surface area contributed by atoms with Gasteiger partial charge in [0, 0.05) is 43.5 Å². The van der Waals surface area contributed by atoms with Gasteiger partial charge in [-0.05, 0) is 31.9 Å². The van der Waals surface area contributed by atoms with Gasteiger partial charge < -0.3 is 15.0 Å². The highest BCUT2D eigenvalue weighted by Crippen LogP contribution is 2.46. The van der Waals surface area contributed by atoms with Crippen molar-refractivity contribution in [3.05, 3.63) is 48.7 Å². The normalized spacial score (nSPS) is 21.2. The van der Waals surface area contributed by atoms with Crippen LogP contribution in [0.5, 0.6) is 0 Å². The molecule has 0 bridgehead atoms. The number of aromatic nitrogens is 5. The van der Waals surface area contributed by atoms with Crippen LogP contribution in [0.1, 0.15) is 30.3 Å². The van der Waals surface area contributed by atoms with Gasteiger partial charge in [0.25, 0.3) is 5.91 Å². The van der Waals surface area contributed by atoms with Gasteiger partial charge in [0.1, 0.15) is 23.7 Å². The zero-order valence-electron chi connectivity index (χ0n) is 20.7. The second-order valence-electron chi connectivity index (χ2n) is 10.2. The van der Waals surface area contributed by atoms with Crippen LogP contribution in [0, 0.1) is 16.7 Å². The molecule has 6 rings (SSSR count). The minimum Gasteiger partial charge on any atom is -0.378 e. The summed E-state index contributed by atoms with van der Waals surface area (Å²) < 4.78 is 7.14. The molecule has 0 radical (unpaired) electrons. The van der Waals surface area contributed by atoms with Crippen LogP contribution in [0.25, 0.3) is 11.3 Å². The summed E-state index contributed by atoms with van der Waals surface area (Å²) in [6, 6.07) is 10.4. The monoisotopic (exact) mass is 499 g/mol. The third kappa shape index (κ3) is 4.90. The molecular weight excluding hydrogens is 470 g/mol. The molecule has 11 nitrogen and oxygen atoms in total. The van der Waals surface area contributed by atoms with Crippen LogP contribution in [0.4, 0.5) is 11.6 Å². The van der Waals surface area contributed by atoms with Crippen molar-refractivity contribution in [2.24, 2.45) is 5.41 Å². The van der Waals surface area contributed by atoms with Gasteiger partial charge in [0.2, 0.25) is 0 Å². The molecule has 3 fully saturated rings. The van der Waals surface area contributed by atoms with Crippen molar-refractivity contribution in [2.75, 3.05) is 43.1 Å². The lowest BCUT2D eigenvalue weighted by Gasteiger charge is -2.46. The number of anilines is 2. The summed E-state index contributed by atoms with van der Waals surface area (Å²) in [6.45, 7) is 7.09. The summed E-state index contributed by atoms with van der Waals surface area (Å²) in [5, 5.41) is 16.6. The number of hydrogen-bond donors (Lipinski definition) is 1. The van der Waals surface area contributed by atoms with Crippen molar-refractivity contribution >= 4 is 17.5 Å². The van der Waals surface area contributed by atoms with Crippen LogP contribution >= 0.6 is 0 Å². The number of pyridine rings is 1. The van der Waals surface area contributed by atoms with Gasteiger partial charge >= 0.3 is 0 Å². The van der Waals surface area contributed by atoms with E-state index in [0.29, 0.717) is 30.1 Å². The number of nitrogens with one attached hydrogen (secondary N) is 1. The van der Waals surface area contributed by atoms with Crippen LogP contribution in [0.15, 0.2) is 43.0 Å². The number of carbonyl (C=O) groups is 1. The zero-order valence-corrected chi connectivity index (χ0v) is 20.7. The van der Waals surface area contributed by atoms with Crippen molar-refractivity contribution in [3.63, 3.8) is 0 Å². The average Bonchev–Trinajstić information content (AvgIpc) is 3.51. The molecule has 3 aromatic rings. The van der Waals surface area contributed by atoms with E-state index in [2.05, 4.69) is 48.2 Å². The number of piperazine rings is 1. The van der Waals surface area contributed by atoms with Gasteiger partial charge in [0.05, 0.1) is 49.2 Å². The lowest BCUT2D eigenvalue weighted by Crippen LogP contribution is -2.60. The molecule has 1 atom stereocenters. The fourth-order valence-electron chi connectivity index (χ4n) is 4.98. The molecule has 5 heterocycles. The lowest BCUT2D eigenvalue weighted by molar-refractivity contribution is -0.0793. The van der Waals surface area contributed by atoms with Gasteiger partial charge in [-0.15, -0.1) is 0 Å². The SMILES string of the molecule is C[C@H]1CN(c2cc(NC(=O)c3cccc(-c4cnn(CC5(C#N)CC5)c4)n3)ncn2)CCN1C1COC1. The molecule has 3 aromatic heterocycles.